The van der Waals surface area contributed by atoms with Crippen LogP contribution >= 0.6 is 0 Å². The van der Waals surface area contributed by atoms with Crippen molar-refractivity contribution >= 4 is 11.9 Å². The monoisotopic (exact) mass is 211 g/mol. The Kier molecular flexibility index (Phi) is 2.24. The maximum atomic E-state index is 11.3. The summed E-state index contributed by atoms with van der Waals surface area (Å²) in [4.78, 5) is 23.9. The Morgan fingerprint density at radius 1 is 1.33 bits per heavy atom. The molecule has 1 saturated heterocycles. The Balaban J connectivity index is 1.99. The van der Waals surface area contributed by atoms with Crippen LogP contribution in [0.3, 0.4) is 0 Å². The Labute approximate surface area is 89.3 Å². The maximum Gasteiger partial charge on any atom is 0.306 e. The Hall–Kier alpha value is -1.06. The van der Waals surface area contributed by atoms with E-state index in [9.17, 15) is 9.59 Å². The summed E-state index contributed by atoms with van der Waals surface area (Å²) in [5.74, 6) is -0.753. The summed E-state index contributed by atoms with van der Waals surface area (Å²) in [5, 5.41) is 8.84. The first-order valence-electron chi connectivity index (χ1n) is 5.43. The van der Waals surface area contributed by atoms with Gasteiger partial charge in [0.25, 0.3) is 0 Å². The van der Waals surface area contributed by atoms with Crippen molar-refractivity contribution in [1.29, 1.82) is 0 Å². The molecule has 1 unspecified atom stereocenters. The van der Waals surface area contributed by atoms with E-state index in [0.717, 1.165) is 25.8 Å². The summed E-state index contributed by atoms with van der Waals surface area (Å²) in [5.41, 5.74) is 0.119. The van der Waals surface area contributed by atoms with Crippen molar-refractivity contribution in [2.75, 3.05) is 6.54 Å². The van der Waals surface area contributed by atoms with Crippen molar-refractivity contribution < 1.29 is 14.7 Å². The first-order chi connectivity index (χ1) is 6.93. The molecule has 0 aromatic heterocycles. The van der Waals surface area contributed by atoms with Gasteiger partial charge < -0.3 is 10.0 Å². The highest BCUT2D eigenvalue weighted by Gasteiger charge is 2.53. The van der Waals surface area contributed by atoms with Crippen LogP contribution in [0, 0.1) is 11.3 Å². The fourth-order valence-corrected chi connectivity index (χ4v) is 3.20. The van der Waals surface area contributed by atoms with Gasteiger partial charge in [-0.15, -0.1) is 0 Å². The van der Waals surface area contributed by atoms with Crippen LogP contribution in [0.2, 0.25) is 0 Å². The lowest BCUT2D eigenvalue weighted by Crippen LogP contribution is -2.43. The second-order valence-corrected chi connectivity index (χ2v) is 5.14. The molecular weight excluding hydrogens is 194 g/mol. The minimum Gasteiger partial charge on any atom is -0.481 e. The number of hydrogen-bond donors (Lipinski definition) is 1. The third-order valence-corrected chi connectivity index (χ3v) is 3.88. The first-order valence-corrected chi connectivity index (χ1v) is 5.43. The van der Waals surface area contributed by atoms with Crippen LogP contribution in [0.15, 0.2) is 0 Å². The van der Waals surface area contributed by atoms with Crippen molar-refractivity contribution in [2.24, 2.45) is 11.3 Å². The molecule has 2 rings (SSSR count). The lowest BCUT2D eigenvalue weighted by Gasteiger charge is -2.42. The predicted octanol–water partition coefficient (Wildman–Crippen LogP) is 1.11. The molecule has 15 heavy (non-hydrogen) atoms. The highest BCUT2D eigenvalue weighted by atomic mass is 16.4. The number of amides is 1. The summed E-state index contributed by atoms with van der Waals surface area (Å²) >= 11 is 0. The van der Waals surface area contributed by atoms with Crippen LogP contribution in [0.4, 0.5) is 0 Å². The number of aliphatic carboxylic acids is 1. The second kappa shape index (κ2) is 3.22. The molecule has 2 aliphatic rings. The molecule has 0 aromatic rings. The molecule has 4 nitrogen and oxygen atoms in total. The lowest BCUT2D eigenvalue weighted by molar-refractivity contribution is -0.149. The van der Waals surface area contributed by atoms with Crippen molar-refractivity contribution in [1.82, 2.24) is 4.90 Å². The summed E-state index contributed by atoms with van der Waals surface area (Å²) < 4.78 is 0. The van der Waals surface area contributed by atoms with E-state index in [1.165, 1.54) is 0 Å². The zero-order valence-electron chi connectivity index (χ0n) is 9.19. The van der Waals surface area contributed by atoms with Gasteiger partial charge in [-0.2, -0.15) is 0 Å². The Morgan fingerprint density at radius 3 is 2.33 bits per heavy atom. The molecule has 1 aliphatic carbocycles. The van der Waals surface area contributed by atoms with Gasteiger partial charge in [-0.25, -0.2) is 0 Å². The highest BCUT2D eigenvalue weighted by Crippen LogP contribution is 2.53. The van der Waals surface area contributed by atoms with E-state index in [-0.39, 0.29) is 23.3 Å². The highest BCUT2D eigenvalue weighted by molar-refractivity contribution is 5.75. The van der Waals surface area contributed by atoms with Gasteiger partial charge in [-0.1, -0.05) is 0 Å². The summed E-state index contributed by atoms with van der Waals surface area (Å²) in [7, 11) is 0. The summed E-state index contributed by atoms with van der Waals surface area (Å²) in [6.07, 6.45) is 2.46. The molecule has 84 valence electrons. The number of likely N-dealkylation sites (tertiary alicyclic amines) is 1. The summed E-state index contributed by atoms with van der Waals surface area (Å²) in [6.45, 7) is 4.39. The smallest absolute Gasteiger partial charge is 0.306 e. The van der Waals surface area contributed by atoms with Gasteiger partial charge in [0.2, 0.25) is 5.91 Å². The van der Waals surface area contributed by atoms with E-state index in [0.29, 0.717) is 0 Å². The molecule has 1 N–H and O–H groups in total. The number of carboxylic acids is 1. The fourth-order valence-electron chi connectivity index (χ4n) is 3.20. The third-order valence-electron chi connectivity index (χ3n) is 3.88. The predicted molar refractivity (Wildman–Crippen MR) is 54.3 cm³/mol. The van der Waals surface area contributed by atoms with Crippen LogP contribution in [-0.2, 0) is 9.59 Å². The van der Waals surface area contributed by atoms with Crippen LogP contribution in [-0.4, -0.2) is 34.5 Å². The van der Waals surface area contributed by atoms with Crippen molar-refractivity contribution in [3.05, 3.63) is 0 Å². The third kappa shape index (κ3) is 1.62. The standard InChI is InChI=1S/C11H17NO3/c1-7-3-11(6-12(7)8(2)13)4-9(5-11)10(14)15/h7,9H,3-6H2,1-2H3,(H,14,15). The summed E-state index contributed by atoms with van der Waals surface area (Å²) in [6, 6.07) is 0.275. The minimum atomic E-state index is -0.686. The lowest BCUT2D eigenvalue weighted by atomic mass is 9.61. The molecule has 1 spiro atoms. The van der Waals surface area contributed by atoms with Crippen molar-refractivity contribution in [3.8, 4) is 0 Å². The molecule has 0 aromatic carbocycles. The number of carbonyl (C=O) groups is 2. The van der Waals surface area contributed by atoms with Crippen molar-refractivity contribution in [3.63, 3.8) is 0 Å². The van der Waals surface area contributed by atoms with Gasteiger partial charge in [0.05, 0.1) is 5.92 Å². The average molecular weight is 211 g/mol. The molecule has 0 bridgehead atoms. The van der Waals surface area contributed by atoms with Crippen LogP contribution in [0.1, 0.15) is 33.1 Å². The van der Waals surface area contributed by atoms with Gasteiger partial charge in [0.1, 0.15) is 0 Å². The Bertz CT molecular complexity index is 307. The van der Waals surface area contributed by atoms with Gasteiger partial charge in [-0.3, -0.25) is 9.59 Å². The number of hydrogen-bond acceptors (Lipinski definition) is 2. The second-order valence-electron chi connectivity index (χ2n) is 5.14. The largest absolute Gasteiger partial charge is 0.481 e. The number of carboxylic acid groups (broad SMARTS) is 1. The normalized spacial score (nSPS) is 39.2. The van der Waals surface area contributed by atoms with E-state index >= 15 is 0 Å². The molecule has 2 fully saturated rings. The zero-order chi connectivity index (χ0) is 11.2. The molecule has 1 atom stereocenters. The quantitative estimate of drug-likeness (QED) is 0.706. The van der Waals surface area contributed by atoms with Gasteiger partial charge in [0, 0.05) is 19.5 Å². The van der Waals surface area contributed by atoms with E-state index in [4.69, 9.17) is 5.11 Å². The SMILES string of the molecule is CC(=O)N1CC2(CC(C(=O)O)C2)CC1C. The molecule has 1 amide bonds. The van der Waals surface area contributed by atoms with Gasteiger partial charge in [0.15, 0.2) is 0 Å². The molecule has 1 heterocycles. The molecule has 1 aliphatic heterocycles. The molecule has 0 radical (unpaired) electrons. The molecule has 1 saturated carbocycles. The topological polar surface area (TPSA) is 57.6 Å². The van der Waals surface area contributed by atoms with Crippen LogP contribution < -0.4 is 0 Å². The van der Waals surface area contributed by atoms with Gasteiger partial charge in [-0.05, 0) is 31.6 Å². The molecular formula is C11H17NO3. The van der Waals surface area contributed by atoms with E-state index < -0.39 is 5.97 Å². The van der Waals surface area contributed by atoms with E-state index in [1.54, 1.807) is 6.92 Å². The molecule has 4 heteroatoms. The van der Waals surface area contributed by atoms with Crippen LogP contribution in [0.25, 0.3) is 0 Å². The fraction of sp³-hybridized carbons (Fsp3) is 0.818. The van der Waals surface area contributed by atoms with Crippen LogP contribution in [0.5, 0.6) is 0 Å². The van der Waals surface area contributed by atoms with E-state index in [2.05, 4.69) is 0 Å². The number of carbonyl (C=O) groups excluding carboxylic acids is 1. The van der Waals surface area contributed by atoms with Crippen molar-refractivity contribution in [2.45, 2.75) is 39.2 Å². The number of rotatable bonds is 1. The van der Waals surface area contributed by atoms with Gasteiger partial charge >= 0.3 is 5.97 Å². The number of nitrogens with zero attached hydrogens (tertiary/aromatic N) is 1. The Morgan fingerprint density at radius 2 is 1.93 bits per heavy atom. The average Bonchev–Trinajstić information content (AvgIpc) is 2.40. The van der Waals surface area contributed by atoms with E-state index in [1.807, 2.05) is 11.8 Å². The minimum absolute atomic E-state index is 0.109. The zero-order valence-corrected chi connectivity index (χ0v) is 9.19. The maximum absolute atomic E-state index is 11.3. The first kappa shape index (κ1) is 10.5.